The molecule has 0 aliphatic heterocycles. The molecule has 0 aromatic heterocycles. The Bertz CT molecular complexity index is 683. The van der Waals surface area contributed by atoms with E-state index >= 15 is 0 Å². The van der Waals surface area contributed by atoms with Gasteiger partial charge in [-0.15, -0.1) is 0 Å². The van der Waals surface area contributed by atoms with Crippen molar-refractivity contribution in [2.45, 2.75) is 13.8 Å². The first-order valence-electron chi connectivity index (χ1n) is 8.07. The number of methoxy groups -OCH3 is 2. The predicted octanol–water partition coefficient (Wildman–Crippen LogP) is 3.62. The van der Waals surface area contributed by atoms with Gasteiger partial charge in [-0.2, -0.15) is 0 Å². The van der Waals surface area contributed by atoms with Crippen LogP contribution in [0.15, 0.2) is 42.5 Å². The molecule has 135 valence electrons. The Kier molecular flexibility index (Phi) is 9.76. The fourth-order valence-electron chi connectivity index (χ4n) is 2.39. The van der Waals surface area contributed by atoms with E-state index in [0.717, 1.165) is 11.1 Å². The van der Waals surface area contributed by atoms with E-state index in [9.17, 15) is 4.79 Å². The Morgan fingerprint density at radius 2 is 1.50 bits per heavy atom. The molecule has 0 bridgehead atoms. The first kappa shape index (κ1) is 22.5. The van der Waals surface area contributed by atoms with Gasteiger partial charge in [0.1, 0.15) is 31.0 Å². The maximum absolute atomic E-state index is 13.2. The summed E-state index contributed by atoms with van der Waals surface area (Å²) in [5.41, 5.74) is 0.260. The smallest absolute Gasteiger partial charge is 0.223 e. The van der Waals surface area contributed by atoms with Crippen molar-refractivity contribution in [2.75, 3.05) is 27.4 Å². The zero-order valence-electron chi connectivity index (χ0n) is 15.9. The average Bonchev–Trinajstić information content (AvgIpc) is 2.66. The summed E-state index contributed by atoms with van der Waals surface area (Å²) >= 11 is 0. The van der Waals surface area contributed by atoms with E-state index in [1.165, 1.54) is 14.2 Å². The van der Waals surface area contributed by atoms with Gasteiger partial charge in [0.15, 0.2) is 0 Å². The largest absolute Gasteiger partial charge is 0.496 e. The van der Waals surface area contributed by atoms with Crippen LogP contribution in [0.5, 0.6) is 17.2 Å². The van der Waals surface area contributed by atoms with Gasteiger partial charge >= 0.3 is 0 Å². The van der Waals surface area contributed by atoms with Crippen molar-refractivity contribution in [2.24, 2.45) is 0 Å². The summed E-state index contributed by atoms with van der Waals surface area (Å²) < 4.78 is 22.0. The van der Waals surface area contributed by atoms with Crippen LogP contribution in [-0.2, 0) is 4.52 Å². The van der Waals surface area contributed by atoms with E-state index in [1.807, 2.05) is 38.1 Å². The topological polar surface area (TPSA) is 54.0 Å². The van der Waals surface area contributed by atoms with Gasteiger partial charge in [-0.3, -0.25) is 4.79 Å². The molecule has 5 nitrogen and oxygen atoms in total. The van der Waals surface area contributed by atoms with E-state index in [-0.39, 0.29) is 24.4 Å². The third-order valence-corrected chi connectivity index (χ3v) is 5.34. The van der Waals surface area contributed by atoms with Gasteiger partial charge in [0.2, 0.25) is 5.52 Å². The van der Waals surface area contributed by atoms with E-state index < -0.39 is 8.15 Å². The van der Waals surface area contributed by atoms with Gasteiger partial charge in [0.05, 0.1) is 20.8 Å². The van der Waals surface area contributed by atoms with Crippen molar-refractivity contribution in [1.29, 1.82) is 0 Å². The van der Waals surface area contributed by atoms with Crippen LogP contribution in [0, 0.1) is 0 Å². The predicted molar refractivity (Wildman–Crippen MR) is 105 cm³/mol. The molecule has 0 saturated heterocycles. The number of hydrogen-bond donors (Lipinski definition) is 0. The van der Waals surface area contributed by atoms with E-state index in [2.05, 4.69) is 0 Å². The van der Waals surface area contributed by atoms with E-state index in [0.29, 0.717) is 30.3 Å². The Balaban J connectivity index is 0.00000338. The minimum absolute atomic E-state index is 0. The molecule has 0 spiro atoms. The molecule has 1 unspecified atom stereocenters. The summed E-state index contributed by atoms with van der Waals surface area (Å²) in [6, 6.07) is 12.7. The van der Waals surface area contributed by atoms with Crippen molar-refractivity contribution < 1.29 is 23.5 Å². The van der Waals surface area contributed by atoms with Gasteiger partial charge in [0.25, 0.3) is 0 Å². The van der Waals surface area contributed by atoms with Crippen LogP contribution in [0.3, 0.4) is 0 Å². The van der Waals surface area contributed by atoms with Crippen molar-refractivity contribution in [1.82, 2.24) is 0 Å². The van der Waals surface area contributed by atoms with Crippen molar-refractivity contribution in [3.63, 3.8) is 0 Å². The molecule has 26 heavy (non-hydrogen) atoms. The second kappa shape index (κ2) is 11.3. The molecule has 0 heterocycles. The monoisotopic (exact) mass is 369 g/mol. The van der Waals surface area contributed by atoms with E-state index in [1.54, 1.807) is 18.2 Å². The molecule has 0 aliphatic carbocycles. The molecule has 1 atom stereocenters. The molecule has 1 radical (unpaired) electrons. The molecule has 2 aromatic rings. The first-order valence-corrected chi connectivity index (χ1v) is 9.33. The average molecular weight is 369 g/mol. The number of carbonyl (C=O) groups excluding carboxylic acids is 1. The Labute approximate surface area is 168 Å². The quantitative estimate of drug-likeness (QED) is 0.499. The SMILES string of the molecule is CCOc1ccc(P(OCC)C(=O)c2c(OC)cccc2OC)cc1.[Li]. The van der Waals surface area contributed by atoms with Gasteiger partial charge in [0, 0.05) is 30.8 Å². The van der Waals surface area contributed by atoms with Crippen molar-refractivity contribution in [3.8, 4) is 17.2 Å². The first-order chi connectivity index (χ1) is 12.2. The van der Waals surface area contributed by atoms with Crippen LogP contribution in [0.2, 0.25) is 0 Å². The second-order valence-electron chi connectivity index (χ2n) is 4.98. The third kappa shape index (κ3) is 5.25. The van der Waals surface area contributed by atoms with Crippen LogP contribution in [0.1, 0.15) is 24.2 Å². The van der Waals surface area contributed by atoms with Crippen LogP contribution >= 0.6 is 8.15 Å². The molecule has 2 rings (SSSR count). The standard InChI is InChI=1S/C19H23O5P.Li/c1-5-23-14-10-12-15(13-11-14)25(24-6-2)19(20)18-16(21-3)8-7-9-17(18)22-4;/h7-13H,5-6H2,1-4H3;. The Hall–Kier alpha value is -1.50. The number of benzene rings is 2. The molecule has 7 heteroatoms. The van der Waals surface area contributed by atoms with Gasteiger partial charge in [-0.25, -0.2) is 0 Å². The van der Waals surface area contributed by atoms with Gasteiger partial charge in [-0.1, -0.05) is 6.07 Å². The van der Waals surface area contributed by atoms with Gasteiger partial charge in [-0.05, 0) is 50.2 Å². The second-order valence-corrected chi connectivity index (χ2v) is 6.75. The summed E-state index contributed by atoms with van der Waals surface area (Å²) in [6.07, 6.45) is 0. The maximum Gasteiger partial charge on any atom is 0.223 e. The zero-order valence-corrected chi connectivity index (χ0v) is 16.8. The number of rotatable bonds is 9. The zero-order chi connectivity index (χ0) is 18.2. The van der Waals surface area contributed by atoms with Crippen LogP contribution in [0.4, 0.5) is 0 Å². The van der Waals surface area contributed by atoms with Crippen molar-refractivity contribution in [3.05, 3.63) is 48.0 Å². The van der Waals surface area contributed by atoms with Gasteiger partial charge < -0.3 is 18.7 Å². The Morgan fingerprint density at radius 1 is 0.923 bits per heavy atom. The maximum atomic E-state index is 13.2. The third-order valence-electron chi connectivity index (χ3n) is 3.47. The van der Waals surface area contributed by atoms with E-state index in [4.69, 9.17) is 18.7 Å². The van der Waals surface area contributed by atoms with Crippen LogP contribution in [0.25, 0.3) is 0 Å². The minimum atomic E-state index is -1.51. The van der Waals surface area contributed by atoms with Crippen molar-refractivity contribution >= 4 is 37.8 Å². The summed E-state index contributed by atoms with van der Waals surface area (Å²) in [7, 11) is 1.55. The number of hydrogen-bond acceptors (Lipinski definition) is 5. The fourth-order valence-corrected chi connectivity index (χ4v) is 3.99. The number of carbonyl (C=O) groups is 1. The minimum Gasteiger partial charge on any atom is -0.496 e. The molecule has 2 aromatic carbocycles. The summed E-state index contributed by atoms with van der Waals surface area (Å²) in [5, 5.41) is 0.818. The molecule has 0 amide bonds. The summed E-state index contributed by atoms with van der Waals surface area (Å²) in [4.78, 5) is 13.2. The summed E-state index contributed by atoms with van der Waals surface area (Å²) in [5.74, 6) is 1.71. The normalized spacial score (nSPS) is 11.2. The molecule has 0 fully saturated rings. The van der Waals surface area contributed by atoms with Crippen LogP contribution in [-0.4, -0.2) is 51.8 Å². The molecular weight excluding hydrogens is 346 g/mol. The fraction of sp³-hybridized carbons (Fsp3) is 0.316. The molecule has 0 saturated carbocycles. The molecular formula is C19H23LiO5P. The number of ether oxygens (including phenoxy) is 3. The molecule has 0 N–H and O–H groups in total. The summed E-state index contributed by atoms with van der Waals surface area (Å²) in [6.45, 7) is 4.83. The Morgan fingerprint density at radius 3 is 1.96 bits per heavy atom. The van der Waals surface area contributed by atoms with Crippen LogP contribution < -0.4 is 19.5 Å². The molecule has 0 aliphatic rings.